The van der Waals surface area contributed by atoms with E-state index in [0.717, 1.165) is 16.0 Å². The zero-order valence-electron chi connectivity index (χ0n) is 22.8. The average Bonchev–Trinajstić information content (AvgIpc) is 3.66. The van der Waals surface area contributed by atoms with Gasteiger partial charge in [-0.05, 0) is 60.3 Å². The lowest BCUT2D eigenvalue weighted by molar-refractivity contribution is -0.138. The van der Waals surface area contributed by atoms with Crippen LogP contribution in [0.2, 0.25) is 10.0 Å². The van der Waals surface area contributed by atoms with E-state index in [0.29, 0.717) is 48.6 Å². The summed E-state index contributed by atoms with van der Waals surface area (Å²) in [5.74, 6) is 0.0580. The number of thiazole rings is 1. The van der Waals surface area contributed by atoms with Crippen LogP contribution >= 0.6 is 45.9 Å². The Bertz CT molecular complexity index is 2000. The summed E-state index contributed by atoms with van der Waals surface area (Å²) in [6.45, 7) is 2.26. The molecule has 6 nitrogen and oxygen atoms in total. The molecule has 2 aromatic heterocycles. The number of nitrogens with zero attached hydrogens (tertiary/aromatic N) is 2. The van der Waals surface area contributed by atoms with Gasteiger partial charge in [-0.3, -0.25) is 9.36 Å². The van der Waals surface area contributed by atoms with Crippen molar-refractivity contribution in [1.82, 2.24) is 4.57 Å². The van der Waals surface area contributed by atoms with Gasteiger partial charge in [0.1, 0.15) is 18.4 Å². The Morgan fingerprint density at radius 1 is 1.00 bits per heavy atom. The summed E-state index contributed by atoms with van der Waals surface area (Å²) in [5.41, 5.74) is 2.88. The minimum atomic E-state index is -0.701. The van der Waals surface area contributed by atoms with Crippen molar-refractivity contribution in [3.8, 4) is 5.75 Å². The van der Waals surface area contributed by atoms with E-state index >= 15 is 0 Å². The molecule has 0 N–H and O–H groups in total. The summed E-state index contributed by atoms with van der Waals surface area (Å²) in [6.07, 6.45) is 1.76. The van der Waals surface area contributed by atoms with Crippen molar-refractivity contribution in [2.75, 3.05) is 6.61 Å². The number of thiophene rings is 1. The van der Waals surface area contributed by atoms with Gasteiger partial charge in [0.15, 0.2) is 4.80 Å². The van der Waals surface area contributed by atoms with Crippen molar-refractivity contribution >= 4 is 63.6 Å². The topological polar surface area (TPSA) is 69.9 Å². The SMILES string of the molecule is CCOC(=O)C1=C(c2ccccc2)N=c2s/c(=C\c3cc(Cl)ccc3OCc3ccc(Cl)cc3)c(=O)n2[C@H]1c1cccs1. The number of ether oxygens (including phenoxy) is 2. The van der Waals surface area contributed by atoms with E-state index in [1.165, 1.54) is 22.7 Å². The van der Waals surface area contributed by atoms with E-state index in [1.54, 1.807) is 35.8 Å². The number of fused-ring (bicyclic) bond motifs is 1. The largest absolute Gasteiger partial charge is 0.488 e. The van der Waals surface area contributed by atoms with E-state index in [1.807, 2.05) is 72.1 Å². The molecule has 3 heterocycles. The Morgan fingerprint density at radius 3 is 2.49 bits per heavy atom. The average molecular weight is 648 g/mol. The number of carbonyl (C=O) groups is 1. The first-order valence-electron chi connectivity index (χ1n) is 13.4. The van der Waals surface area contributed by atoms with Crippen molar-refractivity contribution < 1.29 is 14.3 Å². The minimum absolute atomic E-state index is 0.194. The van der Waals surface area contributed by atoms with Crippen LogP contribution in [0, 0.1) is 0 Å². The predicted octanol–water partition coefficient (Wildman–Crippen LogP) is 6.88. The Hall–Kier alpha value is -3.95. The standard InChI is InChI=1S/C33H24Cl2N2O4S2/c1-2-40-32(39)28-29(21-7-4-3-5-8-21)36-33-37(30(28)26-9-6-16-42-26)31(38)27(43-33)18-22-17-24(35)14-15-25(22)41-19-20-10-12-23(34)13-11-20/h3-18,30H,2,19H2,1H3/b27-18-/t30-/m0/s1. The van der Waals surface area contributed by atoms with Gasteiger partial charge in [-0.15, -0.1) is 11.3 Å². The normalized spacial score (nSPS) is 14.8. The summed E-state index contributed by atoms with van der Waals surface area (Å²) in [4.78, 5) is 33.8. The monoisotopic (exact) mass is 646 g/mol. The van der Waals surface area contributed by atoms with Crippen LogP contribution in [0.4, 0.5) is 0 Å². The highest BCUT2D eigenvalue weighted by Crippen LogP contribution is 2.37. The van der Waals surface area contributed by atoms with Gasteiger partial charge in [0, 0.05) is 26.0 Å². The molecule has 6 rings (SSSR count). The van der Waals surface area contributed by atoms with Gasteiger partial charge < -0.3 is 9.47 Å². The zero-order valence-corrected chi connectivity index (χ0v) is 26.0. The lowest BCUT2D eigenvalue weighted by Crippen LogP contribution is -2.39. The van der Waals surface area contributed by atoms with Crippen LogP contribution in [0.1, 0.15) is 34.5 Å². The van der Waals surface area contributed by atoms with E-state index in [-0.39, 0.29) is 12.2 Å². The van der Waals surface area contributed by atoms with Crippen molar-refractivity contribution in [3.63, 3.8) is 0 Å². The molecule has 0 fully saturated rings. The first-order valence-corrected chi connectivity index (χ1v) is 15.9. The highest BCUT2D eigenvalue weighted by molar-refractivity contribution is 7.10. The Labute approximate surface area is 265 Å². The molecule has 0 saturated carbocycles. The quantitative estimate of drug-likeness (QED) is 0.172. The fourth-order valence-corrected chi connectivity index (χ4v) is 6.92. The molecule has 10 heteroatoms. The van der Waals surface area contributed by atoms with Crippen LogP contribution < -0.4 is 19.6 Å². The van der Waals surface area contributed by atoms with Gasteiger partial charge in [-0.1, -0.05) is 83.1 Å². The first-order chi connectivity index (χ1) is 20.9. The second-order valence-electron chi connectivity index (χ2n) is 9.54. The van der Waals surface area contributed by atoms with Gasteiger partial charge in [-0.25, -0.2) is 9.79 Å². The first kappa shape index (κ1) is 29.1. The van der Waals surface area contributed by atoms with E-state index in [4.69, 9.17) is 37.7 Å². The van der Waals surface area contributed by atoms with Gasteiger partial charge in [0.2, 0.25) is 0 Å². The highest BCUT2D eigenvalue weighted by Gasteiger charge is 2.35. The summed E-state index contributed by atoms with van der Waals surface area (Å²) in [6, 6.07) is 25.3. The molecule has 0 unspecified atom stereocenters. The van der Waals surface area contributed by atoms with Crippen LogP contribution in [0.25, 0.3) is 11.8 Å². The molecule has 5 aromatic rings. The van der Waals surface area contributed by atoms with E-state index in [2.05, 4.69) is 0 Å². The third kappa shape index (κ3) is 6.10. The van der Waals surface area contributed by atoms with Crippen LogP contribution in [-0.2, 0) is 16.1 Å². The Balaban J connectivity index is 1.51. The number of rotatable bonds is 8. The predicted molar refractivity (Wildman–Crippen MR) is 173 cm³/mol. The Kier molecular flexibility index (Phi) is 8.63. The molecule has 3 aromatic carbocycles. The second kappa shape index (κ2) is 12.7. The lowest BCUT2D eigenvalue weighted by atomic mass is 9.97. The molecular formula is C33H24Cl2N2O4S2. The summed E-state index contributed by atoms with van der Waals surface area (Å²) in [7, 11) is 0. The maximum Gasteiger partial charge on any atom is 0.338 e. The van der Waals surface area contributed by atoms with Crippen molar-refractivity contribution in [1.29, 1.82) is 0 Å². The third-order valence-electron chi connectivity index (χ3n) is 6.75. The minimum Gasteiger partial charge on any atom is -0.488 e. The second-order valence-corrected chi connectivity index (χ2v) is 12.4. The fourth-order valence-electron chi connectivity index (χ4n) is 4.80. The number of hydrogen-bond acceptors (Lipinski definition) is 7. The van der Waals surface area contributed by atoms with Crippen molar-refractivity contribution in [2.24, 2.45) is 4.99 Å². The van der Waals surface area contributed by atoms with Crippen LogP contribution in [0.15, 0.2) is 106 Å². The highest BCUT2D eigenvalue weighted by atomic mass is 35.5. The van der Waals surface area contributed by atoms with Crippen LogP contribution in [-0.4, -0.2) is 17.1 Å². The molecule has 0 radical (unpaired) electrons. The summed E-state index contributed by atoms with van der Waals surface area (Å²) < 4.78 is 13.7. The molecule has 43 heavy (non-hydrogen) atoms. The molecule has 0 aliphatic carbocycles. The van der Waals surface area contributed by atoms with Gasteiger partial charge in [-0.2, -0.15) is 0 Å². The van der Waals surface area contributed by atoms with Crippen LogP contribution in [0.5, 0.6) is 5.75 Å². The zero-order chi connectivity index (χ0) is 29.9. The molecule has 1 aliphatic rings. The summed E-state index contributed by atoms with van der Waals surface area (Å²) in [5, 5.41) is 3.07. The van der Waals surface area contributed by atoms with Gasteiger partial charge in [0.25, 0.3) is 5.56 Å². The van der Waals surface area contributed by atoms with Gasteiger partial charge in [0.05, 0.1) is 22.4 Å². The fraction of sp³-hybridized carbons (Fsp3) is 0.121. The summed E-state index contributed by atoms with van der Waals surface area (Å²) >= 11 is 15.1. The smallest absolute Gasteiger partial charge is 0.338 e. The number of aromatic nitrogens is 1. The maximum absolute atomic E-state index is 14.1. The van der Waals surface area contributed by atoms with Gasteiger partial charge >= 0.3 is 5.97 Å². The van der Waals surface area contributed by atoms with E-state index in [9.17, 15) is 9.59 Å². The molecule has 0 spiro atoms. The molecule has 216 valence electrons. The maximum atomic E-state index is 14.1. The lowest BCUT2D eigenvalue weighted by Gasteiger charge is -2.24. The Morgan fingerprint density at radius 2 is 1.77 bits per heavy atom. The third-order valence-corrected chi connectivity index (χ3v) is 9.15. The molecule has 1 aliphatic heterocycles. The van der Waals surface area contributed by atoms with E-state index < -0.39 is 12.0 Å². The number of carbonyl (C=O) groups excluding carboxylic acids is 1. The van der Waals surface area contributed by atoms with Crippen molar-refractivity contribution in [3.05, 3.63) is 147 Å². The number of hydrogen-bond donors (Lipinski definition) is 0. The number of benzene rings is 3. The molecule has 0 amide bonds. The van der Waals surface area contributed by atoms with Crippen molar-refractivity contribution in [2.45, 2.75) is 19.6 Å². The number of esters is 1. The number of halogens is 2. The molecule has 0 saturated heterocycles. The molecule has 0 bridgehead atoms. The molecular weight excluding hydrogens is 623 g/mol. The van der Waals surface area contributed by atoms with Crippen LogP contribution in [0.3, 0.4) is 0 Å². The molecule has 1 atom stereocenters.